The summed E-state index contributed by atoms with van der Waals surface area (Å²) >= 11 is 0. The van der Waals surface area contributed by atoms with Gasteiger partial charge in [-0.2, -0.15) is 0 Å². The number of ketones is 1. The topological polar surface area (TPSA) is 29.1 Å². The SMILES string of the molecule is CC(C)NC(Cc1ccc2ccccc2c1)C(=O)C(C)C. The highest BCUT2D eigenvalue weighted by molar-refractivity contribution is 5.87. The second-order valence-electron chi connectivity index (χ2n) is 6.32. The average molecular weight is 283 g/mol. The van der Waals surface area contributed by atoms with Gasteiger partial charge in [-0.05, 0) is 22.8 Å². The minimum Gasteiger partial charge on any atom is -0.305 e. The van der Waals surface area contributed by atoms with Gasteiger partial charge in [-0.1, -0.05) is 70.2 Å². The van der Waals surface area contributed by atoms with Crippen molar-refractivity contribution in [1.29, 1.82) is 0 Å². The van der Waals surface area contributed by atoms with Crippen LogP contribution in [0.15, 0.2) is 42.5 Å². The zero-order valence-corrected chi connectivity index (χ0v) is 13.4. The number of rotatable bonds is 6. The molecule has 1 unspecified atom stereocenters. The highest BCUT2D eigenvalue weighted by Crippen LogP contribution is 2.17. The summed E-state index contributed by atoms with van der Waals surface area (Å²) in [5.74, 6) is 0.346. The van der Waals surface area contributed by atoms with Gasteiger partial charge in [0.05, 0.1) is 6.04 Å². The number of Topliss-reactive ketones (excluding diaryl/α,β-unsaturated/α-hetero) is 1. The van der Waals surface area contributed by atoms with Crippen molar-refractivity contribution in [2.24, 2.45) is 5.92 Å². The summed E-state index contributed by atoms with van der Waals surface area (Å²) in [6, 6.07) is 15.0. The van der Waals surface area contributed by atoms with Gasteiger partial charge in [-0.25, -0.2) is 0 Å². The largest absolute Gasteiger partial charge is 0.305 e. The lowest BCUT2D eigenvalue weighted by molar-refractivity contribution is -0.124. The normalized spacial score (nSPS) is 13.0. The third-order valence-corrected chi connectivity index (χ3v) is 3.70. The second-order valence-corrected chi connectivity index (χ2v) is 6.32. The molecule has 1 N–H and O–H groups in total. The molecule has 2 aromatic carbocycles. The predicted molar refractivity (Wildman–Crippen MR) is 89.6 cm³/mol. The summed E-state index contributed by atoms with van der Waals surface area (Å²) in [5, 5.41) is 5.88. The van der Waals surface area contributed by atoms with Crippen LogP contribution in [0, 0.1) is 5.92 Å². The molecule has 0 bridgehead atoms. The van der Waals surface area contributed by atoms with Gasteiger partial charge in [-0.15, -0.1) is 0 Å². The monoisotopic (exact) mass is 283 g/mol. The highest BCUT2D eigenvalue weighted by Gasteiger charge is 2.22. The Balaban J connectivity index is 2.23. The smallest absolute Gasteiger partial charge is 0.152 e. The van der Waals surface area contributed by atoms with Crippen LogP contribution in [0.1, 0.15) is 33.3 Å². The van der Waals surface area contributed by atoms with Crippen molar-refractivity contribution in [2.75, 3.05) is 0 Å². The van der Waals surface area contributed by atoms with Gasteiger partial charge in [0.15, 0.2) is 5.78 Å². The van der Waals surface area contributed by atoms with Crippen LogP contribution >= 0.6 is 0 Å². The van der Waals surface area contributed by atoms with Crippen molar-refractivity contribution in [3.63, 3.8) is 0 Å². The van der Waals surface area contributed by atoms with Gasteiger partial charge in [0.2, 0.25) is 0 Å². The number of hydrogen-bond donors (Lipinski definition) is 1. The van der Waals surface area contributed by atoms with Crippen molar-refractivity contribution in [1.82, 2.24) is 5.32 Å². The molecule has 0 aliphatic carbocycles. The molecule has 2 rings (SSSR count). The van der Waals surface area contributed by atoms with E-state index < -0.39 is 0 Å². The Kier molecular flexibility index (Phi) is 5.13. The van der Waals surface area contributed by atoms with Crippen molar-refractivity contribution < 1.29 is 4.79 Å². The summed E-state index contributed by atoms with van der Waals surface area (Å²) in [7, 11) is 0. The molecule has 0 saturated heterocycles. The predicted octanol–water partition coefficient (Wildman–Crippen LogP) is 3.97. The molecular weight excluding hydrogens is 258 g/mol. The van der Waals surface area contributed by atoms with Crippen LogP contribution in [0.5, 0.6) is 0 Å². The molecule has 21 heavy (non-hydrogen) atoms. The van der Waals surface area contributed by atoms with E-state index in [9.17, 15) is 4.79 Å². The lowest BCUT2D eigenvalue weighted by atomic mass is 9.94. The molecule has 1 atom stereocenters. The van der Waals surface area contributed by atoms with E-state index in [1.165, 1.54) is 16.3 Å². The molecule has 0 heterocycles. The molecule has 0 aliphatic rings. The van der Waals surface area contributed by atoms with Crippen LogP contribution in [0.2, 0.25) is 0 Å². The maximum Gasteiger partial charge on any atom is 0.152 e. The first-order valence-electron chi connectivity index (χ1n) is 7.75. The van der Waals surface area contributed by atoms with E-state index in [0.29, 0.717) is 6.04 Å². The molecule has 0 amide bonds. The highest BCUT2D eigenvalue weighted by atomic mass is 16.1. The minimum atomic E-state index is -0.105. The molecule has 0 radical (unpaired) electrons. The van der Waals surface area contributed by atoms with E-state index in [2.05, 4.69) is 55.6 Å². The third kappa shape index (κ3) is 4.15. The molecule has 2 heteroatoms. The van der Waals surface area contributed by atoms with Crippen LogP contribution in [-0.2, 0) is 11.2 Å². The van der Waals surface area contributed by atoms with Crippen LogP contribution in [0.25, 0.3) is 10.8 Å². The average Bonchev–Trinajstić information content (AvgIpc) is 2.45. The summed E-state index contributed by atoms with van der Waals surface area (Å²) in [6.45, 7) is 8.11. The first kappa shape index (κ1) is 15.7. The van der Waals surface area contributed by atoms with Crippen LogP contribution < -0.4 is 5.32 Å². The van der Waals surface area contributed by atoms with Crippen molar-refractivity contribution >= 4 is 16.6 Å². The molecule has 0 saturated carbocycles. The first-order chi connectivity index (χ1) is 9.97. The Morgan fingerprint density at radius 3 is 2.29 bits per heavy atom. The van der Waals surface area contributed by atoms with Crippen molar-refractivity contribution in [3.8, 4) is 0 Å². The van der Waals surface area contributed by atoms with E-state index in [-0.39, 0.29) is 17.7 Å². The van der Waals surface area contributed by atoms with Crippen molar-refractivity contribution in [2.45, 2.75) is 46.2 Å². The summed E-state index contributed by atoms with van der Waals surface area (Å²) in [6.07, 6.45) is 0.750. The lowest BCUT2D eigenvalue weighted by Crippen LogP contribution is -2.44. The Labute approximate surface area is 127 Å². The van der Waals surface area contributed by atoms with E-state index in [0.717, 1.165) is 6.42 Å². The Bertz CT molecular complexity index is 616. The van der Waals surface area contributed by atoms with Gasteiger partial charge >= 0.3 is 0 Å². The Morgan fingerprint density at radius 2 is 1.67 bits per heavy atom. The van der Waals surface area contributed by atoms with Gasteiger partial charge in [0.25, 0.3) is 0 Å². The molecule has 0 fully saturated rings. The van der Waals surface area contributed by atoms with E-state index in [1.807, 2.05) is 19.9 Å². The number of hydrogen-bond acceptors (Lipinski definition) is 2. The fourth-order valence-electron chi connectivity index (χ4n) is 2.65. The molecule has 2 aromatic rings. The Hall–Kier alpha value is -1.67. The number of carbonyl (C=O) groups excluding carboxylic acids is 1. The quantitative estimate of drug-likeness (QED) is 0.869. The molecule has 0 spiro atoms. The number of fused-ring (bicyclic) bond motifs is 1. The number of carbonyl (C=O) groups is 1. The van der Waals surface area contributed by atoms with Gasteiger partial charge in [0.1, 0.15) is 0 Å². The zero-order chi connectivity index (χ0) is 15.4. The fraction of sp³-hybridized carbons (Fsp3) is 0.421. The van der Waals surface area contributed by atoms with Crippen LogP contribution in [-0.4, -0.2) is 17.9 Å². The summed E-state index contributed by atoms with van der Waals surface area (Å²) in [5.41, 5.74) is 1.21. The fourth-order valence-corrected chi connectivity index (χ4v) is 2.65. The number of nitrogens with one attached hydrogen (secondary N) is 1. The van der Waals surface area contributed by atoms with Gasteiger partial charge in [-0.3, -0.25) is 4.79 Å². The van der Waals surface area contributed by atoms with Gasteiger partial charge < -0.3 is 5.32 Å². The standard InChI is InChI=1S/C19H25NO/c1-13(2)19(21)18(20-14(3)4)12-15-9-10-16-7-5-6-8-17(16)11-15/h5-11,13-14,18,20H,12H2,1-4H3. The number of benzene rings is 2. The Morgan fingerprint density at radius 1 is 1.00 bits per heavy atom. The molecule has 2 nitrogen and oxygen atoms in total. The second kappa shape index (κ2) is 6.86. The maximum atomic E-state index is 12.4. The molecular formula is C19H25NO. The zero-order valence-electron chi connectivity index (χ0n) is 13.4. The summed E-state index contributed by atoms with van der Waals surface area (Å²) < 4.78 is 0. The van der Waals surface area contributed by atoms with Gasteiger partial charge in [0, 0.05) is 12.0 Å². The van der Waals surface area contributed by atoms with Crippen LogP contribution in [0.3, 0.4) is 0 Å². The third-order valence-electron chi connectivity index (χ3n) is 3.70. The minimum absolute atomic E-state index is 0.0571. The summed E-state index contributed by atoms with van der Waals surface area (Å²) in [4.78, 5) is 12.4. The first-order valence-corrected chi connectivity index (χ1v) is 7.75. The van der Waals surface area contributed by atoms with E-state index >= 15 is 0 Å². The molecule has 0 aromatic heterocycles. The van der Waals surface area contributed by atoms with E-state index in [4.69, 9.17) is 0 Å². The van der Waals surface area contributed by atoms with Crippen LogP contribution in [0.4, 0.5) is 0 Å². The molecule has 112 valence electrons. The maximum absolute atomic E-state index is 12.4. The van der Waals surface area contributed by atoms with Crippen molar-refractivity contribution in [3.05, 3.63) is 48.0 Å². The lowest BCUT2D eigenvalue weighted by Gasteiger charge is -2.22. The molecule has 0 aliphatic heterocycles. The van der Waals surface area contributed by atoms with E-state index in [1.54, 1.807) is 0 Å².